The van der Waals surface area contributed by atoms with Gasteiger partial charge in [-0.3, -0.25) is 10.1 Å². The third-order valence-corrected chi connectivity index (χ3v) is 3.65. The van der Waals surface area contributed by atoms with Crippen LogP contribution in [-0.2, 0) is 0 Å². The second-order valence-electron chi connectivity index (χ2n) is 5.04. The maximum absolute atomic E-state index is 11.0. The van der Waals surface area contributed by atoms with E-state index in [1.807, 2.05) is 42.5 Å². The first-order valence-corrected chi connectivity index (χ1v) is 6.91. The summed E-state index contributed by atoms with van der Waals surface area (Å²) in [6.45, 7) is -0.227. The van der Waals surface area contributed by atoms with E-state index in [4.69, 9.17) is 9.15 Å². The number of ether oxygens (including phenoxy) is 1. The highest BCUT2D eigenvalue weighted by atomic mass is 16.6. The molecule has 0 saturated heterocycles. The first kappa shape index (κ1) is 14.1. The molecule has 0 bridgehead atoms. The minimum Gasteiger partial charge on any atom is -0.468 e. The van der Waals surface area contributed by atoms with Crippen LogP contribution in [-0.4, -0.2) is 18.6 Å². The highest BCUT2D eigenvalue weighted by Gasteiger charge is 2.24. The van der Waals surface area contributed by atoms with Gasteiger partial charge in [-0.2, -0.15) is 0 Å². The average Bonchev–Trinajstić information content (AvgIpc) is 3.01. The van der Waals surface area contributed by atoms with Crippen molar-refractivity contribution in [2.75, 3.05) is 13.7 Å². The zero-order valence-electron chi connectivity index (χ0n) is 12.1. The molecule has 5 heteroatoms. The zero-order chi connectivity index (χ0) is 15.5. The van der Waals surface area contributed by atoms with Gasteiger partial charge in [0.15, 0.2) is 0 Å². The average molecular weight is 297 g/mol. The standard InChI is InChI=1S/C17H15NO4/c1-21-17-9-8-16(22-17)15(11-18(19)20)14-7-6-12-4-2-3-5-13(12)10-14/h2-10,15H,11H2,1H3/t15-/m0/s1. The first-order chi connectivity index (χ1) is 10.7. The number of fused-ring (bicyclic) bond motifs is 1. The summed E-state index contributed by atoms with van der Waals surface area (Å²) < 4.78 is 10.6. The normalized spacial score (nSPS) is 12.2. The molecule has 0 fully saturated rings. The monoisotopic (exact) mass is 297 g/mol. The van der Waals surface area contributed by atoms with Crippen LogP contribution in [0.4, 0.5) is 0 Å². The molecule has 0 radical (unpaired) electrons. The summed E-state index contributed by atoms with van der Waals surface area (Å²) in [7, 11) is 1.50. The molecule has 5 nitrogen and oxygen atoms in total. The molecule has 1 heterocycles. The van der Waals surface area contributed by atoms with Crippen molar-refractivity contribution in [3.8, 4) is 5.95 Å². The number of nitrogens with zero attached hydrogens (tertiary/aromatic N) is 1. The van der Waals surface area contributed by atoms with Crippen LogP contribution in [0.3, 0.4) is 0 Å². The Morgan fingerprint density at radius 2 is 1.91 bits per heavy atom. The topological polar surface area (TPSA) is 65.5 Å². The van der Waals surface area contributed by atoms with Crippen molar-refractivity contribution < 1.29 is 14.1 Å². The zero-order valence-corrected chi connectivity index (χ0v) is 12.1. The van der Waals surface area contributed by atoms with E-state index in [0.717, 1.165) is 16.3 Å². The van der Waals surface area contributed by atoms with Gasteiger partial charge in [0.25, 0.3) is 5.95 Å². The number of methoxy groups -OCH3 is 1. The van der Waals surface area contributed by atoms with Crippen LogP contribution in [0, 0.1) is 10.1 Å². The van der Waals surface area contributed by atoms with Gasteiger partial charge in [0.2, 0.25) is 6.54 Å². The fourth-order valence-corrected chi connectivity index (χ4v) is 2.56. The maximum Gasteiger partial charge on any atom is 0.284 e. The lowest BCUT2D eigenvalue weighted by atomic mass is 9.94. The summed E-state index contributed by atoms with van der Waals surface area (Å²) in [6.07, 6.45) is 0. The molecule has 0 unspecified atom stereocenters. The number of rotatable bonds is 5. The first-order valence-electron chi connectivity index (χ1n) is 6.91. The van der Waals surface area contributed by atoms with E-state index >= 15 is 0 Å². The summed E-state index contributed by atoms with van der Waals surface area (Å²) in [6, 6.07) is 17.2. The molecule has 0 aliphatic carbocycles. The van der Waals surface area contributed by atoms with Crippen LogP contribution in [0.5, 0.6) is 5.95 Å². The molecule has 0 spiro atoms. The second kappa shape index (κ2) is 5.89. The number of nitro groups is 1. The fraction of sp³-hybridized carbons (Fsp3) is 0.176. The van der Waals surface area contributed by atoms with E-state index in [9.17, 15) is 10.1 Å². The van der Waals surface area contributed by atoms with Gasteiger partial charge in [-0.1, -0.05) is 42.5 Å². The Labute approximate surface area is 127 Å². The molecule has 1 atom stereocenters. The van der Waals surface area contributed by atoms with Crippen molar-refractivity contribution in [1.82, 2.24) is 0 Å². The van der Waals surface area contributed by atoms with Crippen LogP contribution in [0.1, 0.15) is 17.2 Å². The van der Waals surface area contributed by atoms with Crippen LogP contribution in [0.2, 0.25) is 0 Å². The van der Waals surface area contributed by atoms with E-state index < -0.39 is 5.92 Å². The predicted molar refractivity (Wildman–Crippen MR) is 82.9 cm³/mol. The molecule has 112 valence electrons. The Morgan fingerprint density at radius 3 is 2.59 bits per heavy atom. The highest BCUT2D eigenvalue weighted by molar-refractivity contribution is 5.83. The maximum atomic E-state index is 11.0. The molecule has 3 aromatic rings. The quantitative estimate of drug-likeness (QED) is 0.530. The van der Waals surface area contributed by atoms with Gasteiger partial charge in [-0.15, -0.1) is 0 Å². The molecule has 0 aliphatic heterocycles. The summed E-state index contributed by atoms with van der Waals surface area (Å²) in [5, 5.41) is 13.2. The molecule has 0 N–H and O–H groups in total. The minimum absolute atomic E-state index is 0.227. The smallest absolute Gasteiger partial charge is 0.284 e. The van der Waals surface area contributed by atoms with Gasteiger partial charge >= 0.3 is 0 Å². The molecule has 1 aromatic heterocycles. The van der Waals surface area contributed by atoms with Gasteiger partial charge in [0.05, 0.1) is 7.11 Å². The molecular weight excluding hydrogens is 282 g/mol. The van der Waals surface area contributed by atoms with Crippen molar-refractivity contribution in [2.24, 2.45) is 0 Å². The largest absolute Gasteiger partial charge is 0.468 e. The van der Waals surface area contributed by atoms with E-state index in [0.29, 0.717) is 11.7 Å². The molecular formula is C17H15NO4. The van der Waals surface area contributed by atoms with E-state index in [-0.39, 0.29) is 11.5 Å². The van der Waals surface area contributed by atoms with E-state index in [1.54, 1.807) is 12.1 Å². The summed E-state index contributed by atoms with van der Waals surface area (Å²) in [4.78, 5) is 10.7. The third kappa shape index (κ3) is 2.79. The van der Waals surface area contributed by atoms with Crippen molar-refractivity contribution in [2.45, 2.75) is 5.92 Å². The van der Waals surface area contributed by atoms with Gasteiger partial charge in [-0.05, 0) is 22.4 Å². The number of benzene rings is 2. The van der Waals surface area contributed by atoms with Crippen LogP contribution < -0.4 is 4.74 Å². The van der Waals surface area contributed by atoms with Crippen LogP contribution in [0.15, 0.2) is 59.0 Å². The van der Waals surface area contributed by atoms with Crippen molar-refractivity contribution in [1.29, 1.82) is 0 Å². The Kier molecular flexibility index (Phi) is 3.78. The predicted octanol–water partition coefficient (Wildman–Crippen LogP) is 3.85. The molecule has 0 amide bonds. The van der Waals surface area contributed by atoms with Crippen LogP contribution in [0.25, 0.3) is 10.8 Å². The van der Waals surface area contributed by atoms with Crippen molar-refractivity contribution in [3.05, 3.63) is 76.0 Å². The Balaban J connectivity index is 2.04. The lowest BCUT2D eigenvalue weighted by Crippen LogP contribution is -2.13. The fourth-order valence-electron chi connectivity index (χ4n) is 2.56. The lowest BCUT2D eigenvalue weighted by molar-refractivity contribution is -0.482. The molecule has 22 heavy (non-hydrogen) atoms. The van der Waals surface area contributed by atoms with Crippen LogP contribution >= 0.6 is 0 Å². The number of hydrogen-bond acceptors (Lipinski definition) is 4. The molecule has 0 aliphatic rings. The Hall–Kier alpha value is -2.82. The SMILES string of the molecule is COc1ccc([C@@H](C[N+](=O)[O-])c2ccc3ccccc3c2)o1. The summed E-state index contributed by atoms with van der Waals surface area (Å²) in [5.41, 5.74) is 0.854. The summed E-state index contributed by atoms with van der Waals surface area (Å²) >= 11 is 0. The third-order valence-electron chi connectivity index (χ3n) is 3.65. The second-order valence-corrected chi connectivity index (χ2v) is 5.04. The van der Waals surface area contributed by atoms with Crippen molar-refractivity contribution in [3.63, 3.8) is 0 Å². The van der Waals surface area contributed by atoms with Gasteiger partial charge in [0, 0.05) is 11.0 Å². The Morgan fingerprint density at radius 1 is 1.14 bits per heavy atom. The number of hydrogen-bond donors (Lipinski definition) is 0. The van der Waals surface area contributed by atoms with E-state index in [2.05, 4.69) is 0 Å². The molecule has 0 saturated carbocycles. The minimum atomic E-state index is -0.441. The van der Waals surface area contributed by atoms with Gasteiger partial charge < -0.3 is 9.15 Å². The molecule has 3 rings (SSSR count). The summed E-state index contributed by atoms with van der Waals surface area (Å²) in [5.74, 6) is 0.441. The molecule has 2 aromatic carbocycles. The lowest BCUT2D eigenvalue weighted by Gasteiger charge is -2.12. The van der Waals surface area contributed by atoms with Gasteiger partial charge in [0.1, 0.15) is 11.7 Å². The Bertz CT molecular complexity index is 809. The number of furan rings is 1. The highest BCUT2D eigenvalue weighted by Crippen LogP contribution is 2.31. The van der Waals surface area contributed by atoms with Crippen molar-refractivity contribution >= 4 is 10.8 Å². The van der Waals surface area contributed by atoms with E-state index in [1.165, 1.54) is 7.11 Å². The van der Waals surface area contributed by atoms with Gasteiger partial charge in [-0.25, -0.2) is 0 Å².